The average Bonchev–Trinajstić information content (AvgIpc) is 2.40. The zero-order valence-electron chi connectivity index (χ0n) is 11.0. The number of anilines is 1. The molecule has 20 heavy (non-hydrogen) atoms. The Morgan fingerprint density at radius 2 is 2.20 bits per heavy atom. The lowest BCUT2D eigenvalue weighted by molar-refractivity contribution is -0.120. The first-order chi connectivity index (χ1) is 9.38. The normalized spacial score (nSPS) is 20.6. The molecule has 110 valence electrons. The van der Waals surface area contributed by atoms with Crippen LogP contribution in [0.2, 0.25) is 5.02 Å². The molecule has 1 aliphatic rings. The molecule has 1 aliphatic heterocycles. The average molecular weight is 318 g/mol. The number of aromatic nitrogens is 1. The molecule has 1 N–H and O–H groups in total. The van der Waals surface area contributed by atoms with Crippen molar-refractivity contribution in [3.63, 3.8) is 0 Å². The highest BCUT2D eigenvalue weighted by Gasteiger charge is 2.34. The van der Waals surface area contributed by atoms with Gasteiger partial charge in [-0.05, 0) is 25.0 Å². The fraction of sp³-hybridized carbons (Fsp3) is 0.500. The molecular weight excluding hydrogens is 302 g/mol. The Kier molecular flexibility index (Phi) is 4.62. The van der Waals surface area contributed by atoms with E-state index in [-0.39, 0.29) is 5.91 Å². The second-order valence-corrected chi connectivity index (χ2v) is 7.11. The van der Waals surface area contributed by atoms with Gasteiger partial charge in [-0.2, -0.15) is 4.31 Å². The molecule has 1 fully saturated rings. The van der Waals surface area contributed by atoms with Crippen LogP contribution in [0.4, 0.5) is 5.82 Å². The number of hydrogen-bond acceptors (Lipinski definition) is 4. The second kappa shape index (κ2) is 6.07. The van der Waals surface area contributed by atoms with Crippen molar-refractivity contribution >= 4 is 33.3 Å². The van der Waals surface area contributed by atoms with E-state index in [2.05, 4.69) is 10.3 Å². The molecule has 1 aromatic rings. The third-order valence-electron chi connectivity index (χ3n) is 3.16. The molecule has 2 rings (SSSR count). The predicted octanol–water partition coefficient (Wildman–Crippen LogP) is 1.49. The van der Waals surface area contributed by atoms with E-state index in [1.54, 1.807) is 12.1 Å². The maximum absolute atomic E-state index is 12.2. The molecule has 2 heterocycles. The van der Waals surface area contributed by atoms with E-state index in [0.29, 0.717) is 23.8 Å². The summed E-state index contributed by atoms with van der Waals surface area (Å²) in [6.45, 7) is 0.380. The number of hydrogen-bond donors (Lipinski definition) is 1. The number of piperidine rings is 1. The van der Waals surface area contributed by atoms with Crippen LogP contribution in [0.3, 0.4) is 0 Å². The molecule has 0 bridgehead atoms. The lowest BCUT2D eigenvalue weighted by atomic mass is 10.0. The van der Waals surface area contributed by atoms with Gasteiger partial charge in [-0.25, -0.2) is 13.4 Å². The Morgan fingerprint density at radius 1 is 1.45 bits per heavy atom. The van der Waals surface area contributed by atoms with Crippen molar-refractivity contribution in [2.75, 3.05) is 18.1 Å². The van der Waals surface area contributed by atoms with Crippen molar-refractivity contribution < 1.29 is 13.2 Å². The van der Waals surface area contributed by atoms with Gasteiger partial charge in [0.25, 0.3) is 0 Å². The number of nitrogens with zero attached hydrogens (tertiary/aromatic N) is 2. The number of rotatable bonds is 3. The van der Waals surface area contributed by atoms with Gasteiger partial charge in [-0.3, -0.25) is 4.79 Å². The van der Waals surface area contributed by atoms with E-state index in [0.717, 1.165) is 19.1 Å². The van der Waals surface area contributed by atoms with Crippen LogP contribution in [-0.2, 0) is 14.8 Å². The molecule has 0 aromatic carbocycles. The summed E-state index contributed by atoms with van der Waals surface area (Å²) >= 11 is 5.72. The molecule has 6 nitrogen and oxygen atoms in total. The van der Waals surface area contributed by atoms with Gasteiger partial charge in [0.2, 0.25) is 15.9 Å². The molecule has 1 atom stereocenters. The second-order valence-electron chi connectivity index (χ2n) is 4.74. The number of carbonyl (C=O) groups is 1. The van der Waals surface area contributed by atoms with Gasteiger partial charge in [0.15, 0.2) is 0 Å². The minimum Gasteiger partial charge on any atom is -0.309 e. The van der Waals surface area contributed by atoms with E-state index < -0.39 is 16.1 Å². The monoisotopic (exact) mass is 317 g/mol. The van der Waals surface area contributed by atoms with Crippen LogP contribution in [0.5, 0.6) is 0 Å². The number of amides is 1. The van der Waals surface area contributed by atoms with Crippen LogP contribution < -0.4 is 5.32 Å². The van der Waals surface area contributed by atoms with Crippen molar-refractivity contribution in [1.29, 1.82) is 0 Å². The van der Waals surface area contributed by atoms with Gasteiger partial charge >= 0.3 is 0 Å². The SMILES string of the molecule is CS(=O)(=O)N1CCCCC1C(=O)Nc1ccc(Cl)cn1. The number of sulfonamides is 1. The third-order valence-corrected chi connectivity index (χ3v) is 4.67. The fourth-order valence-electron chi connectivity index (χ4n) is 2.22. The Bertz CT molecular complexity index is 588. The van der Waals surface area contributed by atoms with Crippen molar-refractivity contribution in [2.45, 2.75) is 25.3 Å². The summed E-state index contributed by atoms with van der Waals surface area (Å²) in [7, 11) is -3.39. The summed E-state index contributed by atoms with van der Waals surface area (Å²) in [5.41, 5.74) is 0. The molecule has 1 saturated heterocycles. The van der Waals surface area contributed by atoms with Crippen molar-refractivity contribution in [3.8, 4) is 0 Å². The first kappa shape index (κ1) is 15.2. The van der Waals surface area contributed by atoms with E-state index in [4.69, 9.17) is 11.6 Å². The summed E-state index contributed by atoms with van der Waals surface area (Å²) < 4.78 is 24.7. The van der Waals surface area contributed by atoms with Crippen LogP contribution >= 0.6 is 11.6 Å². The maximum atomic E-state index is 12.2. The summed E-state index contributed by atoms with van der Waals surface area (Å²) in [6, 6.07) is 2.52. The maximum Gasteiger partial charge on any atom is 0.243 e. The number of carbonyl (C=O) groups excluding carboxylic acids is 1. The molecule has 0 radical (unpaired) electrons. The van der Waals surface area contributed by atoms with Gasteiger partial charge in [0, 0.05) is 12.7 Å². The van der Waals surface area contributed by atoms with Crippen LogP contribution in [0.15, 0.2) is 18.3 Å². The highest BCUT2D eigenvalue weighted by Crippen LogP contribution is 2.21. The van der Waals surface area contributed by atoms with E-state index in [1.807, 2.05) is 0 Å². The van der Waals surface area contributed by atoms with Crippen molar-refractivity contribution in [1.82, 2.24) is 9.29 Å². The van der Waals surface area contributed by atoms with Crippen molar-refractivity contribution in [2.24, 2.45) is 0 Å². The Balaban J connectivity index is 2.12. The predicted molar refractivity (Wildman–Crippen MR) is 77.1 cm³/mol. The van der Waals surface area contributed by atoms with Crippen LogP contribution in [0.25, 0.3) is 0 Å². The molecule has 8 heteroatoms. The molecule has 0 saturated carbocycles. The number of pyridine rings is 1. The first-order valence-electron chi connectivity index (χ1n) is 6.27. The van der Waals surface area contributed by atoms with E-state index in [1.165, 1.54) is 10.5 Å². The standard InChI is InChI=1S/C12H16ClN3O3S/c1-20(18,19)16-7-3-2-4-10(16)12(17)15-11-6-5-9(13)8-14-11/h5-6,8,10H,2-4,7H2,1H3,(H,14,15,17). The minimum absolute atomic E-state index is 0.357. The Morgan fingerprint density at radius 3 is 2.80 bits per heavy atom. The minimum atomic E-state index is -3.39. The summed E-state index contributed by atoms with van der Waals surface area (Å²) in [6.07, 6.45) is 4.67. The Labute approximate surface area is 123 Å². The number of nitrogens with one attached hydrogen (secondary N) is 1. The first-order valence-corrected chi connectivity index (χ1v) is 8.50. The topological polar surface area (TPSA) is 79.4 Å². The van der Waals surface area contributed by atoms with Gasteiger partial charge in [0.1, 0.15) is 11.9 Å². The zero-order chi connectivity index (χ0) is 14.8. The van der Waals surface area contributed by atoms with E-state index >= 15 is 0 Å². The lowest BCUT2D eigenvalue weighted by Gasteiger charge is -2.32. The van der Waals surface area contributed by atoms with Crippen LogP contribution in [-0.4, -0.2) is 42.5 Å². The summed E-state index contributed by atoms with van der Waals surface area (Å²) in [4.78, 5) is 16.2. The van der Waals surface area contributed by atoms with Gasteiger partial charge in [0.05, 0.1) is 11.3 Å². The van der Waals surface area contributed by atoms with Crippen LogP contribution in [0, 0.1) is 0 Å². The van der Waals surface area contributed by atoms with Gasteiger partial charge < -0.3 is 5.32 Å². The molecule has 0 spiro atoms. The highest BCUT2D eigenvalue weighted by molar-refractivity contribution is 7.88. The highest BCUT2D eigenvalue weighted by atomic mass is 35.5. The van der Waals surface area contributed by atoms with Crippen molar-refractivity contribution in [3.05, 3.63) is 23.4 Å². The van der Waals surface area contributed by atoms with E-state index in [9.17, 15) is 13.2 Å². The lowest BCUT2D eigenvalue weighted by Crippen LogP contribution is -2.49. The fourth-order valence-corrected chi connectivity index (χ4v) is 3.46. The molecule has 0 aliphatic carbocycles. The van der Waals surface area contributed by atoms with Crippen LogP contribution in [0.1, 0.15) is 19.3 Å². The molecular formula is C12H16ClN3O3S. The number of halogens is 1. The largest absolute Gasteiger partial charge is 0.309 e. The quantitative estimate of drug-likeness (QED) is 0.916. The zero-order valence-corrected chi connectivity index (χ0v) is 12.6. The molecule has 1 aromatic heterocycles. The molecule has 1 amide bonds. The molecule has 1 unspecified atom stereocenters. The van der Waals surface area contributed by atoms with Gasteiger partial charge in [-0.15, -0.1) is 0 Å². The van der Waals surface area contributed by atoms with Gasteiger partial charge in [-0.1, -0.05) is 18.0 Å². The Hall–Kier alpha value is -1.18. The summed E-state index contributed by atoms with van der Waals surface area (Å²) in [5, 5.41) is 3.10. The summed E-state index contributed by atoms with van der Waals surface area (Å²) in [5.74, 6) is 0.00312. The smallest absolute Gasteiger partial charge is 0.243 e. The third kappa shape index (κ3) is 3.68.